The van der Waals surface area contributed by atoms with Gasteiger partial charge < -0.3 is 4.89 Å². The molecule has 0 atom stereocenters. The molecule has 0 saturated heterocycles. The molecule has 0 aliphatic carbocycles. The van der Waals surface area contributed by atoms with Gasteiger partial charge in [-0.25, -0.2) is 10.2 Å². The van der Waals surface area contributed by atoms with Gasteiger partial charge in [0.25, 0.3) is 0 Å². The Morgan fingerprint density at radius 3 is 2.00 bits per heavy atom. The summed E-state index contributed by atoms with van der Waals surface area (Å²) >= 11 is 0. The van der Waals surface area contributed by atoms with E-state index in [2.05, 4.69) is 0 Å². The molecule has 0 fully saturated rings. The minimum absolute atomic E-state index is 0.841. The molecule has 68 valence electrons. The van der Waals surface area contributed by atoms with Gasteiger partial charge in [-0.05, 0) is 12.7 Å². The van der Waals surface area contributed by atoms with Crippen molar-refractivity contribution in [1.29, 1.82) is 0 Å². The monoisotopic (exact) mass is 188 g/mol. The molecule has 5 heteroatoms. The summed E-state index contributed by atoms with van der Waals surface area (Å²) in [7, 11) is -4.86. The maximum atomic E-state index is 11.7. The summed E-state index contributed by atoms with van der Waals surface area (Å²) in [5, 5.41) is 2.90. The van der Waals surface area contributed by atoms with Crippen molar-refractivity contribution in [2.45, 2.75) is 26.6 Å². The van der Waals surface area contributed by atoms with Gasteiger partial charge in [0.05, 0.1) is 0 Å². The zero-order chi connectivity index (χ0) is 15.9. The van der Waals surface area contributed by atoms with Crippen LogP contribution < -0.4 is 10.2 Å². The molecule has 0 unspecified atom stereocenters. The second-order valence-electron chi connectivity index (χ2n) is 1.55. The van der Waals surface area contributed by atoms with Crippen molar-refractivity contribution in [3.8, 4) is 0 Å². The Balaban J connectivity index is 5.10. The van der Waals surface area contributed by atoms with Gasteiger partial charge >= 0.3 is 7.67 Å². The van der Waals surface area contributed by atoms with Crippen LogP contribution in [0.2, 0.25) is 0 Å². The lowest BCUT2D eigenvalue weighted by Crippen LogP contribution is -2.23. The van der Waals surface area contributed by atoms with Crippen molar-refractivity contribution in [2.75, 3.05) is 13.0 Å². The van der Waals surface area contributed by atoms with Crippen LogP contribution in [0.5, 0.6) is 0 Å². The van der Waals surface area contributed by atoms with E-state index in [0.717, 1.165) is 13.8 Å². The lowest BCUT2D eigenvalue weighted by molar-refractivity contribution is 0.446. The number of rotatable bonds is 6. The van der Waals surface area contributed by atoms with Crippen LogP contribution in [0.15, 0.2) is 0 Å². The van der Waals surface area contributed by atoms with Crippen LogP contribution in [0.3, 0.4) is 0 Å². The molecule has 11 heavy (non-hydrogen) atoms. The van der Waals surface area contributed by atoms with E-state index in [9.17, 15) is 9.46 Å². The van der Waals surface area contributed by atoms with Crippen molar-refractivity contribution < 1.29 is 20.4 Å². The highest BCUT2D eigenvalue weighted by Gasteiger charge is 2.13. The molecule has 0 aromatic carbocycles. The average molecular weight is 188 g/mol. The summed E-state index contributed by atoms with van der Waals surface area (Å²) in [4.78, 5) is 9.43. The first-order chi connectivity index (χ1) is 7.91. The Morgan fingerprint density at radius 1 is 1.36 bits per heavy atom. The highest BCUT2D eigenvalue weighted by Crippen LogP contribution is 2.28. The second-order valence-corrected chi connectivity index (χ2v) is 3.15. The molecule has 4 nitrogen and oxygen atoms in total. The predicted octanol–water partition coefficient (Wildman–Crippen LogP) is 1.09. The maximum Gasteiger partial charge on any atom is 0.338 e. The average Bonchev–Trinajstić information content (AvgIpc) is 1.93. The second kappa shape index (κ2) is 5.72. The van der Waals surface area contributed by atoms with Crippen LogP contribution in [-0.2, 0) is 4.57 Å². The molecule has 0 radical (unpaired) electrons. The third-order valence-corrected chi connectivity index (χ3v) is 1.49. The third kappa shape index (κ3) is 6.51. The van der Waals surface area contributed by atoms with Crippen molar-refractivity contribution in [1.82, 2.24) is 10.2 Å². The van der Waals surface area contributed by atoms with E-state index in [4.69, 9.17) is 11.0 Å². The van der Waals surface area contributed by atoms with Crippen molar-refractivity contribution in [2.24, 2.45) is 0 Å². The van der Waals surface area contributed by atoms with E-state index in [-0.39, 0.29) is 0 Å². The van der Waals surface area contributed by atoms with E-state index in [1.54, 1.807) is 0 Å². The first kappa shape index (κ1) is 3.46. The summed E-state index contributed by atoms with van der Waals surface area (Å²) in [6, 6.07) is 0. The summed E-state index contributed by atoms with van der Waals surface area (Å²) in [6.45, 7) is -4.15. The molecule has 0 aromatic rings. The minimum Gasteiger partial charge on any atom is -0.322 e. The molecule has 0 bridgehead atoms. The lowest BCUT2D eigenvalue weighted by Gasteiger charge is -2.12. The SMILES string of the molecule is [2H]C([2H])(C)C([2H])([2H])NP(=O)(O)NC([2H])([2H])C([2H])([2H])C. The molecule has 0 aromatic heterocycles. The molecule has 0 aliphatic rings. The van der Waals surface area contributed by atoms with Gasteiger partial charge in [0, 0.05) is 24.0 Å². The van der Waals surface area contributed by atoms with Gasteiger partial charge in [0.2, 0.25) is 0 Å². The topological polar surface area (TPSA) is 61.4 Å². The molecule has 0 rings (SSSR count). The van der Waals surface area contributed by atoms with E-state index >= 15 is 0 Å². The van der Waals surface area contributed by atoms with Crippen molar-refractivity contribution in [3.05, 3.63) is 0 Å². The zero-order valence-corrected chi connectivity index (χ0v) is 7.20. The Hall–Kier alpha value is 0.110. The van der Waals surface area contributed by atoms with Gasteiger partial charge in [-0.3, -0.25) is 4.57 Å². The van der Waals surface area contributed by atoms with Crippen LogP contribution in [-0.4, -0.2) is 17.9 Å². The molecule has 0 heterocycles. The summed E-state index contributed by atoms with van der Waals surface area (Å²) < 4.78 is 69.5. The van der Waals surface area contributed by atoms with Crippen LogP contribution in [0.4, 0.5) is 0 Å². The Kier molecular flexibility index (Phi) is 1.80. The first-order valence-electron chi connectivity index (χ1n) is 6.83. The fourth-order valence-corrected chi connectivity index (χ4v) is 0.874. The normalized spacial score (nSPS) is 27.9. The minimum atomic E-state index is -4.86. The number of hydrogen-bond acceptors (Lipinski definition) is 1. The van der Waals surface area contributed by atoms with Gasteiger partial charge in [0.1, 0.15) is 0 Å². The standard InChI is InChI=1S/C6H17N2O2P/c1-3-5-7-11(9,10)8-6-4-2/h3-6H2,1-2H3,(H3,7,8,9,10)/i3D2,4D2,5D2,6D2. The van der Waals surface area contributed by atoms with E-state index in [1.165, 1.54) is 10.2 Å². The van der Waals surface area contributed by atoms with E-state index < -0.39 is 33.4 Å². The number of hydrogen-bond donors (Lipinski definition) is 3. The van der Waals surface area contributed by atoms with Gasteiger partial charge in [-0.1, -0.05) is 13.8 Å². The maximum absolute atomic E-state index is 11.7. The lowest BCUT2D eigenvalue weighted by atomic mass is 10.5. The van der Waals surface area contributed by atoms with Gasteiger partial charge in [-0.2, -0.15) is 0 Å². The Labute approximate surface area is 79.2 Å². The fraction of sp³-hybridized carbons (Fsp3) is 1.00. The summed E-state index contributed by atoms with van der Waals surface area (Å²) in [5.74, 6) is 0. The molecule has 0 saturated carbocycles. The zero-order valence-electron chi connectivity index (χ0n) is 14.3. The summed E-state index contributed by atoms with van der Waals surface area (Å²) in [6.07, 6.45) is -5.02. The fourth-order valence-electron chi connectivity index (χ4n) is 0.291. The van der Waals surface area contributed by atoms with Crippen LogP contribution in [0.25, 0.3) is 0 Å². The Morgan fingerprint density at radius 2 is 1.73 bits per heavy atom. The highest BCUT2D eigenvalue weighted by atomic mass is 31.2. The van der Waals surface area contributed by atoms with Crippen molar-refractivity contribution in [3.63, 3.8) is 0 Å². The molecule has 0 spiro atoms. The van der Waals surface area contributed by atoms with E-state index in [1.807, 2.05) is 0 Å². The van der Waals surface area contributed by atoms with Gasteiger partial charge in [-0.15, -0.1) is 0 Å². The molecule has 3 N–H and O–H groups in total. The summed E-state index contributed by atoms with van der Waals surface area (Å²) in [5.41, 5.74) is 0. The van der Waals surface area contributed by atoms with Crippen LogP contribution in [0, 0.1) is 0 Å². The molecular weight excluding hydrogens is 163 g/mol. The van der Waals surface area contributed by atoms with E-state index in [0.29, 0.717) is 0 Å². The van der Waals surface area contributed by atoms with Crippen LogP contribution >= 0.6 is 7.67 Å². The quantitative estimate of drug-likeness (QED) is 0.546. The predicted molar refractivity (Wildman–Crippen MR) is 46.4 cm³/mol. The first-order valence-corrected chi connectivity index (χ1v) is 4.49. The van der Waals surface area contributed by atoms with Crippen molar-refractivity contribution >= 4 is 7.67 Å². The number of nitrogens with one attached hydrogen (secondary N) is 2. The smallest absolute Gasteiger partial charge is 0.322 e. The molecule has 0 amide bonds. The molecule has 0 aliphatic heterocycles. The third-order valence-electron chi connectivity index (χ3n) is 0.665. The highest BCUT2D eigenvalue weighted by molar-refractivity contribution is 7.53. The molecular formula is C6H17N2O2P. The largest absolute Gasteiger partial charge is 0.338 e. The van der Waals surface area contributed by atoms with Gasteiger partial charge in [0.15, 0.2) is 0 Å². The Bertz CT molecular complexity index is 344. The van der Waals surface area contributed by atoms with Crippen LogP contribution in [0.1, 0.15) is 37.6 Å².